The van der Waals surface area contributed by atoms with Crippen LogP contribution in [0.15, 0.2) is 78.9 Å². The van der Waals surface area contributed by atoms with Gasteiger partial charge in [0.2, 0.25) is 0 Å². The zero-order valence-corrected chi connectivity index (χ0v) is 13.3. The van der Waals surface area contributed by atoms with E-state index in [-0.39, 0.29) is 5.91 Å². The van der Waals surface area contributed by atoms with Gasteiger partial charge in [-0.2, -0.15) is 0 Å². The van der Waals surface area contributed by atoms with Gasteiger partial charge in [-0.05, 0) is 34.9 Å². The molecule has 24 heavy (non-hydrogen) atoms. The number of ether oxygens (including phenoxy) is 1. The van der Waals surface area contributed by atoms with Crippen LogP contribution >= 0.6 is 0 Å². The van der Waals surface area contributed by atoms with Crippen molar-refractivity contribution in [2.24, 2.45) is 0 Å². The van der Waals surface area contributed by atoms with Crippen molar-refractivity contribution in [1.82, 2.24) is 5.32 Å². The summed E-state index contributed by atoms with van der Waals surface area (Å²) >= 11 is 0. The predicted octanol–water partition coefficient (Wildman–Crippen LogP) is 3.73. The number of carbonyl (C=O) groups excluding carboxylic acids is 1. The van der Waals surface area contributed by atoms with Gasteiger partial charge in [-0.1, -0.05) is 60.7 Å². The first-order valence-electron chi connectivity index (χ1n) is 7.88. The molecular weight excluding hydrogens is 298 g/mol. The molecule has 1 atom stereocenters. The average molecular weight is 315 g/mol. The van der Waals surface area contributed by atoms with E-state index in [1.54, 1.807) is 7.11 Å². The van der Waals surface area contributed by atoms with E-state index in [0.717, 1.165) is 28.0 Å². The van der Waals surface area contributed by atoms with Gasteiger partial charge in [-0.3, -0.25) is 4.79 Å². The number of benzene rings is 3. The van der Waals surface area contributed by atoms with Crippen molar-refractivity contribution in [2.45, 2.75) is 5.54 Å². The molecule has 1 aliphatic heterocycles. The summed E-state index contributed by atoms with van der Waals surface area (Å²) in [6.07, 6.45) is 0. The van der Waals surface area contributed by atoms with E-state index in [2.05, 4.69) is 5.32 Å². The van der Waals surface area contributed by atoms with Gasteiger partial charge < -0.3 is 10.1 Å². The van der Waals surface area contributed by atoms with Crippen molar-refractivity contribution < 1.29 is 9.53 Å². The summed E-state index contributed by atoms with van der Waals surface area (Å²) in [4.78, 5) is 12.6. The quantitative estimate of drug-likeness (QED) is 0.800. The van der Waals surface area contributed by atoms with Crippen molar-refractivity contribution in [3.05, 3.63) is 101 Å². The number of rotatable bonds is 3. The van der Waals surface area contributed by atoms with E-state index in [1.165, 1.54) is 0 Å². The second kappa shape index (κ2) is 5.53. The first kappa shape index (κ1) is 14.5. The summed E-state index contributed by atoms with van der Waals surface area (Å²) in [7, 11) is 1.65. The average Bonchev–Trinajstić information content (AvgIpc) is 2.97. The molecule has 1 amide bonds. The Hall–Kier alpha value is -3.07. The fraction of sp³-hybridized carbons (Fsp3) is 0.0952. The molecule has 4 rings (SSSR count). The monoisotopic (exact) mass is 315 g/mol. The van der Waals surface area contributed by atoms with Gasteiger partial charge in [-0.15, -0.1) is 0 Å². The Morgan fingerprint density at radius 1 is 0.792 bits per heavy atom. The maximum atomic E-state index is 12.6. The highest BCUT2D eigenvalue weighted by Gasteiger charge is 2.45. The lowest BCUT2D eigenvalue weighted by Gasteiger charge is -2.32. The van der Waals surface area contributed by atoms with Crippen LogP contribution in [0.3, 0.4) is 0 Å². The molecule has 1 N–H and O–H groups in total. The fourth-order valence-corrected chi connectivity index (χ4v) is 3.46. The molecular formula is C21H17NO2. The van der Waals surface area contributed by atoms with Gasteiger partial charge >= 0.3 is 0 Å². The predicted molar refractivity (Wildman–Crippen MR) is 93.2 cm³/mol. The smallest absolute Gasteiger partial charge is 0.252 e. The molecule has 3 aromatic carbocycles. The van der Waals surface area contributed by atoms with E-state index < -0.39 is 5.54 Å². The number of nitrogens with one attached hydrogen (secondary N) is 1. The maximum absolute atomic E-state index is 12.6. The molecule has 1 aliphatic rings. The molecule has 0 bridgehead atoms. The Morgan fingerprint density at radius 3 is 2.12 bits per heavy atom. The Bertz CT molecular complexity index is 887. The summed E-state index contributed by atoms with van der Waals surface area (Å²) in [5.74, 6) is 0.741. The Morgan fingerprint density at radius 2 is 1.42 bits per heavy atom. The van der Waals surface area contributed by atoms with Crippen molar-refractivity contribution in [1.29, 1.82) is 0 Å². The first-order valence-corrected chi connectivity index (χ1v) is 7.88. The lowest BCUT2D eigenvalue weighted by atomic mass is 9.78. The van der Waals surface area contributed by atoms with Gasteiger partial charge in [0, 0.05) is 5.56 Å². The summed E-state index contributed by atoms with van der Waals surface area (Å²) in [5, 5.41) is 3.22. The van der Waals surface area contributed by atoms with E-state index in [1.807, 2.05) is 78.9 Å². The lowest BCUT2D eigenvalue weighted by molar-refractivity contribution is 0.0948. The van der Waals surface area contributed by atoms with E-state index in [9.17, 15) is 4.79 Å². The van der Waals surface area contributed by atoms with Crippen LogP contribution in [0.4, 0.5) is 0 Å². The minimum atomic E-state index is -0.679. The molecule has 0 fully saturated rings. The number of hydrogen-bond acceptors (Lipinski definition) is 2. The summed E-state index contributed by atoms with van der Waals surface area (Å²) < 4.78 is 5.27. The maximum Gasteiger partial charge on any atom is 0.252 e. The molecule has 0 radical (unpaired) electrons. The van der Waals surface area contributed by atoms with E-state index >= 15 is 0 Å². The van der Waals surface area contributed by atoms with Crippen LogP contribution in [0.5, 0.6) is 5.75 Å². The zero-order chi connectivity index (χ0) is 16.6. The van der Waals surface area contributed by atoms with Crippen molar-refractivity contribution in [3.63, 3.8) is 0 Å². The molecule has 0 aromatic heterocycles. The number of amides is 1. The second-order valence-electron chi connectivity index (χ2n) is 5.84. The molecule has 3 nitrogen and oxygen atoms in total. The Labute approximate surface area is 140 Å². The van der Waals surface area contributed by atoms with E-state index in [4.69, 9.17) is 4.74 Å². The molecule has 1 heterocycles. The highest BCUT2D eigenvalue weighted by molar-refractivity contribution is 6.01. The van der Waals surface area contributed by atoms with Gasteiger partial charge in [-0.25, -0.2) is 0 Å². The van der Waals surface area contributed by atoms with Crippen LogP contribution in [-0.4, -0.2) is 13.0 Å². The van der Waals surface area contributed by atoms with Crippen molar-refractivity contribution >= 4 is 5.91 Å². The van der Waals surface area contributed by atoms with Crippen molar-refractivity contribution in [3.8, 4) is 5.75 Å². The van der Waals surface area contributed by atoms with Crippen LogP contribution < -0.4 is 10.1 Å². The van der Waals surface area contributed by atoms with Crippen molar-refractivity contribution in [2.75, 3.05) is 7.11 Å². The van der Waals surface area contributed by atoms with Crippen LogP contribution in [0.2, 0.25) is 0 Å². The summed E-state index contributed by atoms with van der Waals surface area (Å²) in [5.41, 5.74) is 3.06. The third kappa shape index (κ3) is 2.02. The molecule has 3 aromatic rings. The SMILES string of the molecule is COc1ccc([C@@]2(c3ccccc3)NC(=O)c3ccccc32)cc1. The summed E-state index contributed by atoms with van der Waals surface area (Å²) in [6, 6.07) is 25.7. The third-order valence-corrected chi connectivity index (χ3v) is 4.61. The molecule has 0 unspecified atom stereocenters. The molecule has 118 valence electrons. The number of methoxy groups -OCH3 is 1. The second-order valence-corrected chi connectivity index (χ2v) is 5.84. The highest BCUT2D eigenvalue weighted by atomic mass is 16.5. The van der Waals surface area contributed by atoms with E-state index in [0.29, 0.717) is 0 Å². The van der Waals surface area contributed by atoms with Gasteiger partial charge in [0.05, 0.1) is 7.11 Å². The van der Waals surface area contributed by atoms with Crippen LogP contribution in [-0.2, 0) is 5.54 Å². The normalized spacial score (nSPS) is 18.8. The minimum Gasteiger partial charge on any atom is -0.497 e. The minimum absolute atomic E-state index is 0.0507. The number of hydrogen-bond donors (Lipinski definition) is 1. The molecule has 0 spiro atoms. The molecule has 0 aliphatic carbocycles. The number of fused-ring (bicyclic) bond motifs is 1. The van der Waals surface area contributed by atoms with Crippen LogP contribution in [0.1, 0.15) is 27.0 Å². The molecule has 0 saturated carbocycles. The Balaban J connectivity index is 2.00. The number of carbonyl (C=O) groups is 1. The molecule has 0 saturated heterocycles. The topological polar surface area (TPSA) is 38.3 Å². The Kier molecular flexibility index (Phi) is 3.35. The van der Waals surface area contributed by atoms with Gasteiger partial charge in [0.1, 0.15) is 11.3 Å². The largest absolute Gasteiger partial charge is 0.497 e. The third-order valence-electron chi connectivity index (χ3n) is 4.61. The molecule has 3 heteroatoms. The fourth-order valence-electron chi connectivity index (χ4n) is 3.46. The highest BCUT2D eigenvalue weighted by Crippen LogP contribution is 2.42. The van der Waals surface area contributed by atoms with Crippen LogP contribution in [0, 0.1) is 0 Å². The van der Waals surface area contributed by atoms with Crippen LogP contribution in [0.25, 0.3) is 0 Å². The lowest BCUT2D eigenvalue weighted by Crippen LogP contribution is -2.41. The zero-order valence-electron chi connectivity index (χ0n) is 13.3. The standard InChI is InChI=1S/C21H17NO2/c1-24-17-13-11-16(12-14-17)21(15-7-3-2-4-8-15)19-10-6-5-9-18(19)20(23)22-21/h2-14H,1H3,(H,22,23)/t21-/m1/s1. The van der Waals surface area contributed by atoms with Gasteiger partial charge in [0.25, 0.3) is 5.91 Å². The van der Waals surface area contributed by atoms with Gasteiger partial charge in [0.15, 0.2) is 0 Å². The summed E-state index contributed by atoms with van der Waals surface area (Å²) in [6.45, 7) is 0. The first-order chi connectivity index (χ1) is 11.8.